The number of anilines is 1. The number of fused-ring (bicyclic) bond motifs is 2. The molecule has 0 saturated heterocycles. The van der Waals surface area contributed by atoms with E-state index in [-0.39, 0.29) is 6.10 Å². The van der Waals surface area contributed by atoms with Crippen LogP contribution in [-0.2, 0) is 22.4 Å². The molecule has 7 heteroatoms. The third-order valence-corrected chi connectivity index (χ3v) is 4.51. The molecule has 0 radical (unpaired) electrons. The molecule has 0 saturated carbocycles. The fourth-order valence-electron chi connectivity index (χ4n) is 3.27. The summed E-state index contributed by atoms with van der Waals surface area (Å²) in [6, 6.07) is 5.17. The second-order valence-corrected chi connectivity index (χ2v) is 7.02. The zero-order chi connectivity index (χ0) is 20.0. The minimum absolute atomic E-state index is 0.275. The van der Waals surface area contributed by atoms with Gasteiger partial charge in [-0.3, -0.25) is 0 Å². The van der Waals surface area contributed by atoms with Crippen LogP contribution in [0.3, 0.4) is 0 Å². The molecule has 2 aliphatic rings. The maximum atomic E-state index is 9.55. The van der Waals surface area contributed by atoms with Gasteiger partial charge in [0.2, 0.25) is 0 Å². The summed E-state index contributed by atoms with van der Waals surface area (Å²) in [7, 11) is 0. The van der Waals surface area contributed by atoms with Crippen molar-refractivity contribution in [2.24, 2.45) is 0 Å². The highest BCUT2D eigenvalue weighted by molar-refractivity contribution is 5.89. The van der Waals surface area contributed by atoms with E-state index >= 15 is 0 Å². The standard InChI is InChI=1S/C16H24N2O.C4H4O4/c1-11(2)18-10-12(3)19-16-9-14-5-7-17-6-4-13(14)8-15(16)18;5-3(6)1-2-4(7)8/h8-9,11-12,17H,4-7,10H2,1-3H3;1-2H,(H,5,6)(H,7,8)/b;2-1+. The molecular weight excluding hydrogens is 348 g/mol. The third-order valence-electron chi connectivity index (χ3n) is 4.51. The highest BCUT2D eigenvalue weighted by Crippen LogP contribution is 2.37. The predicted molar refractivity (Wildman–Crippen MR) is 104 cm³/mol. The van der Waals surface area contributed by atoms with Gasteiger partial charge in [0.15, 0.2) is 0 Å². The Morgan fingerprint density at radius 3 is 2.22 bits per heavy atom. The van der Waals surface area contributed by atoms with Crippen LogP contribution in [0, 0.1) is 0 Å². The van der Waals surface area contributed by atoms with Gasteiger partial charge in [0.05, 0.1) is 12.2 Å². The largest absolute Gasteiger partial charge is 0.487 e. The predicted octanol–water partition coefficient (Wildman–Crippen LogP) is 2.08. The number of benzene rings is 1. The molecule has 3 rings (SSSR count). The Kier molecular flexibility index (Phi) is 7.24. The van der Waals surface area contributed by atoms with Crippen LogP contribution < -0.4 is 15.0 Å². The van der Waals surface area contributed by atoms with Crippen LogP contribution in [0.1, 0.15) is 31.9 Å². The Morgan fingerprint density at radius 2 is 1.70 bits per heavy atom. The van der Waals surface area contributed by atoms with Gasteiger partial charge in [0.1, 0.15) is 11.9 Å². The van der Waals surface area contributed by atoms with Crippen molar-refractivity contribution in [2.75, 3.05) is 24.5 Å². The number of carboxylic acids is 2. The van der Waals surface area contributed by atoms with Crippen LogP contribution in [0.2, 0.25) is 0 Å². The molecule has 0 aliphatic carbocycles. The van der Waals surface area contributed by atoms with E-state index in [0.29, 0.717) is 18.2 Å². The molecule has 148 valence electrons. The van der Waals surface area contributed by atoms with Crippen LogP contribution in [0.4, 0.5) is 5.69 Å². The average molecular weight is 376 g/mol. The van der Waals surface area contributed by atoms with Crippen molar-refractivity contribution in [1.29, 1.82) is 0 Å². The molecule has 1 aromatic carbocycles. The summed E-state index contributed by atoms with van der Waals surface area (Å²) in [6.45, 7) is 9.83. The van der Waals surface area contributed by atoms with E-state index in [2.05, 4.69) is 43.1 Å². The SMILES string of the molecule is CC1CN(C(C)C)c2cc3c(cc2O1)CCNCC3.O=C(O)/C=C/C(=O)O. The van der Waals surface area contributed by atoms with E-state index < -0.39 is 11.9 Å². The maximum Gasteiger partial charge on any atom is 0.328 e. The lowest BCUT2D eigenvalue weighted by atomic mass is 9.99. The lowest BCUT2D eigenvalue weighted by Crippen LogP contribution is -2.42. The number of aliphatic carboxylic acids is 2. The van der Waals surface area contributed by atoms with E-state index in [1.54, 1.807) is 0 Å². The van der Waals surface area contributed by atoms with Crippen molar-refractivity contribution in [3.63, 3.8) is 0 Å². The fraction of sp³-hybridized carbons (Fsp3) is 0.500. The molecule has 0 aromatic heterocycles. The number of carbonyl (C=O) groups is 2. The molecule has 0 amide bonds. The molecule has 1 unspecified atom stereocenters. The Bertz CT molecular complexity index is 699. The van der Waals surface area contributed by atoms with Gasteiger partial charge >= 0.3 is 11.9 Å². The molecule has 7 nitrogen and oxygen atoms in total. The Hall–Kier alpha value is -2.54. The molecule has 0 fully saturated rings. The number of nitrogens with one attached hydrogen (secondary N) is 1. The topological polar surface area (TPSA) is 99.1 Å². The fourth-order valence-corrected chi connectivity index (χ4v) is 3.27. The van der Waals surface area contributed by atoms with Gasteiger partial charge in [-0.25, -0.2) is 9.59 Å². The first-order valence-corrected chi connectivity index (χ1v) is 9.21. The van der Waals surface area contributed by atoms with Crippen molar-refractivity contribution >= 4 is 17.6 Å². The summed E-state index contributed by atoms with van der Waals surface area (Å²) in [5.74, 6) is -1.44. The average Bonchev–Trinajstić information content (AvgIpc) is 2.82. The second-order valence-electron chi connectivity index (χ2n) is 7.02. The van der Waals surface area contributed by atoms with Crippen molar-refractivity contribution in [3.8, 4) is 5.75 Å². The van der Waals surface area contributed by atoms with Crippen molar-refractivity contribution in [1.82, 2.24) is 5.32 Å². The Labute approximate surface area is 159 Å². The number of hydrogen-bond donors (Lipinski definition) is 3. The first-order valence-electron chi connectivity index (χ1n) is 9.21. The number of nitrogens with zero attached hydrogens (tertiary/aromatic N) is 1. The lowest BCUT2D eigenvalue weighted by Gasteiger charge is -2.38. The van der Waals surface area contributed by atoms with Crippen molar-refractivity contribution < 1.29 is 24.5 Å². The number of ether oxygens (including phenoxy) is 1. The first-order chi connectivity index (χ1) is 12.8. The molecule has 2 heterocycles. The summed E-state index contributed by atoms with van der Waals surface area (Å²) in [5.41, 5.74) is 4.24. The Morgan fingerprint density at radius 1 is 1.15 bits per heavy atom. The van der Waals surface area contributed by atoms with Gasteiger partial charge in [0, 0.05) is 18.2 Å². The number of carboxylic acid groups (broad SMARTS) is 2. The highest BCUT2D eigenvalue weighted by atomic mass is 16.5. The van der Waals surface area contributed by atoms with Gasteiger partial charge in [0.25, 0.3) is 0 Å². The van der Waals surface area contributed by atoms with Gasteiger partial charge in [-0.05, 0) is 70.0 Å². The highest BCUT2D eigenvalue weighted by Gasteiger charge is 2.26. The van der Waals surface area contributed by atoms with Crippen LogP contribution in [0.5, 0.6) is 5.75 Å². The van der Waals surface area contributed by atoms with E-state index in [9.17, 15) is 9.59 Å². The zero-order valence-corrected chi connectivity index (χ0v) is 16.1. The summed E-state index contributed by atoms with van der Waals surface area (Å²) in [4.78, 5) is 21.6. The number of rotatable bonds is 3. The summed E-state index contributed by atoms with van der Waals surface area (Å²) in [5, 5.41) is 19.1. The van der Waals surface area contributed by atoms with Crippen LogP contribution >= 0.6 is 0 Å². The van der Waals surface area contributed by atoms with Crippen LogP contribution in [0.25, 0.3) is 0 Å². The number of hydrogen-bond acceptors (Lipinski definition) is 5. The van der Waals surface area contributed by atoms with E-state index in [0.717, 1.165) is 38.2 Å². The normalized spacial score (nSPS) is 18.7. The maximum absolute atomic E-state index is 9.55. The van der Waals surface area contributed by atoms with E-state index in [1.807, 2.05) is 0 Å². The van der Waals surface area contributed by atoms with Gasteiger partial charge < -0.3 is 25.2 Å². The molecule has 0 spiro atoms. The summed E-state index contributed by atoms with van der Waals surface area (Å²) in [6.07, 6.45) is 3.63. The second kappa shape index (κ2) is 9.41. The first kappa shape index (κ1) is 20.8. The van der Waals surface area contributed by atoms with Gasteiger partial charge in [-0.15, -0.1) is 0 Å². The summed E-state index contributed by atoms with van der Waals surface area (Å²) >= 11 is 0. The van der Waals surface area contributed by atoms with Crippen LogP contribution in [0.15, 0.2) is 24.3 Å². The minimum atomic E-state index is -1.26. The lowest BCUT2D eigenvalue weighted by molar-refractivity contribution is -0.134. The molecule has 1 atom stereocenters. The smallest absolute Gasteiger partial charge is 0.328 e. The third kappa shape index (κ3) is 5.99. The molecule has 1 aromatic rings. The van der Waals surface area contributed by atoms with Gasteiger partial charge in [-0.1, -0.05) is 0 Å². The molecular formula is C20H28N2O5. The van der Waals surface area contributed by atoms with E-state index in [1.165, 1.54) is 16.8 Å². The zero-order valence-electron chi connectivity index (χ0n) is 16.1. The van der Waals surface area contributed by atoms with E-state index in [4.69, 9.17) is 14.9 Å². The summed E-state index contributed by atoms with van der Waals surface area (Å²) < 4.78 is 6.06. The Balaban J connectivity index is 0.000000279. The monoisotopic (exact) mass is 376 g/mol. The molecule has 2 aliphatic heterocycles. The minimum Gasteiger partial charge on any atom is -0.487 e. The molecule has 0 bridgehead atoms. The van der Waals surface area contributed by atoms with Crippen molar-refractivity contribution in [3.05, 3.63) is 35.4 Å². The molecule has 3 N–H and O–H groups in total. The molecule has 27 heavy (non-hydrogen) atoms. The van der Waals surface area contributed by atoms with Gasteiger partial charge in [-0.2, -0.15) is 0 Å². The van der Waals surface area contributed by atoms with Crippen LogP contribution in [-0.4, -0.2) is 53.9 Å². The van der Waals surface area contributed by atoms with Crippen molar-refractivity contribution in [2.45, 2.75) is 45.8 Å². The quantitative estimate of drug-likeness (QED) is 0.695.